The summed E-state index contributed by atoms with van der Waals surface area (Å²) >= 11 is 0. The zero-order valence-electron chi connectivity index (χ0n) is 12.8. The van der Waals surface area contributed by atoms with E-state index in [-0.39, 0.29) is 17.6 Å². The fourth-order valence-corrected chi connectivity index (χ4v) is 2.36. The first-order valence-electron chi connectivity index (χ1n) is 7.20. The second-order valence-corrected chi connectivity index (χ2v) is 5.40. The standard InChI is InChI=1S/C16H17N5O2/c1-10(12-4-5-13-14(7-12)20-16(23)19-13)18-15(22)6-3-11-8-17-21(2)9-11/h3-10H,1-2H3,(H,18,22)(H2,19,20,23)/b6-3+/t10-/m0/s1. The lowest BCUT2D eigenvalue weighted by atomic mass is 10.1. The highest BCUT2D eigenvalue weighted by molar-refractivity contribution is 5.92. The van der Waals surface area contributed by atoms with E-state index in [1.165, 1.54) is 6.08 Å². The summed E-state index contributed by atoms with van der Waals surface area (Å²) in [5, 5.41) is 6.93. The van der Waals surface area contributed by atoms with E-state index in [4.69, 9.17) is 0 Å². The molecule has 0 spiro atoms. The van der Waals surface area contributed by atoms with Crippen LogP contribution in [-0.4, -0.2) is 25.7 Å². The highest BCUT2D eigenvalue weighted by Gasteiger charge is 2.09. The molecule has 118 valence electrons. The number of nitrogens with zero attached hydrogens (tertiary/aromatic N) is 2. The molecule has 0 aliphatic heterocycles. The third-order valence-corrected chi connectivity index (χ3v) is 3.55. The van der Waals surface area contributed by atoms with Gasteiger partial charge >= 0.3 is 5.69 Å². The highest BCUT2D eigenvalue weighted by atomic mass is 16.1. The normalized spacial score (nSPS) is 12.8. The van der Waals surface area contributed by atoms with Crippen molar-refractivity contribution in [1.82, 2.24) is 25.1 Å². The van der Waals surface area contributed by atoms with Gasteiger partial charge in [-0.3, -0.25) is 9.48 Å². The van der Waals surface area contributed by atoms with Crippen molar-refractivity contribution in [2.24, 2.45) is 7.05 Å². The van der Waals surface area contributed by atoms with Gasteiger partial charge in [0.05, 0.1) is 23.3 Å². The number of imidazole rings is 1. The van der Waals surface area contributed by atoms with Gasteiger partial charge in [0, 0.05) is 24.9 Å². The highest BCUT2D eigenvalue weighted by Crippen LogP contribution is 2.17. The van der Waals surface area contributed by atoms with Crippen molar-refractivity contribution < 1.29 is 4.79 Å². The summed E-state index contributed by atoms with van der Waals surface area (Å²) in [4.78, 5) is 28.7. The summed E-state index contributed by atoms with van der Waals surface area (Å²) in [7, 11) is 1.82. The minimum absolute atomic E-state index is 0.177. The van der Waals surface area contributed by atoms with Gasteiger partial charge in [-0.05, 0) is 30.7 Å². The maximum Gasteiger partial charge on any atom is 0.323 e. The van der Waals surface area contributed by atoms with Gasteiger partial charge < -0.3 is 15.3 Å². The van der Waals surface area contributed by atoms with Crippen LogP contribution in [0.2, 0.25) is 0 Å². The van der Waals surface area contributed by atoms with Gasteiger partial charge in [0.25, 0.3) is 0 Å². The Kier molecular flexibility index (Phi) is 3.84. The van der Waals surface area contributed by atoms with Crippen LogP contribution in [0, 0.1) is 0 Å². The predicted molar refractivity (Wildman–Crippen MR) is 87.7 cm³/mol. The average Bonchev–Trinajstić information content (AvgIpc) is 3.08. The number of carbonyl (C=O) groups is 1. The van der Waals surface area contributed by atoms with Crippen molar-refractivity contribution in [1.29, 1.82) is 0 Å². The van der Waals surface area contributed by atoms with Crippen LogP contribution in [0.1, 0.15) is 24.1 Å². The van der Waals surface area contributed by atoms with Crippen molar-refractivity contribution in [2.75, 3.05) is 0 Å². The van der Waals surface area contributed by atoms with E-state index in [9.17, 15) is 9.59 Å². The molecule has 1 aromatic carbocycles. The maximum atomic E-state index is 12.0. The van der Waals surface area contributed by atoms with E-state index in [1.807, 2.05) is 38.4 Å². The second kappa shape index (κ2) is 5.96. The molecule has 3 rings (SSSR count). The Bertz CT molecular complexity index is 931. The Hall–Kier alpha value is -3.09. The third kappa shape index (κ3) is 3.39. The van der Waals surface area contributed by atoms with E-state index in [0.717, 1.165) is 22.2 Å². The summed E-state index contributed by atoms with van der Waals surface area (Å²) in [6.07, 6.45) is 6.69. The van der Waals surface area contributed by atoms with Gasteiger partial charge in [0.15, 0.2) is 0 Å². The number of aromatic amines is 2. The van der Waals surface area contributed by atoms with Crippen LogP contribution in [0.5, 0.6) is 0 Å². The number of nitrogens with one attached hydrogen (secondary N) is 3. The number of amides is 1. The van der Waals surface area contributed by atoms with Gasteiger partial charge in [-0.25, -0.2) is 4.79 Å². The molecular formula is C16H17N5O2. The molecule has 3 aromatic rings. The summed E-state index contributed by atoms with van der Waals surface area (Å²) in [6, 6.07) is 5.37. The average molecular weight is 311 g/mol. The second-order valence-electron chi connectivity index (χ2n) is 5.40. The third-order valence-electron chi connectivity index (χ3n) is 3.55. The minimum atomic E-state index is -0.242. The number of aryl methyl sites for hydroxylation is 1. The molecule has 3 N–H and O–H groups in total. The van der Waals surface area contributed by atoms with E-state index in [0.29, 0.717) is 0 Å². The lowest BCUT2D eigenvalue weighted by Crippen LogP contribution is -2.24. The number of H-pyrrole nitrogens is 2. The molecule has 0 unspecified atom stereocenters. The fourth-order valence-electron chi connectivity index (χ4n) is 2.36. The number of fused-ring (bicyclic) bond motifs is 1. The molecule has 7 nitrogen and oxygen atoms in total. The molecule has 0 fully saturated rings. The summed E-state index contributed by atoms with van der Waals surface area (Å²) in [5.74, 6) is -0.191. The fraction of sp³-hybridized carbons (Fsp3) is 0.188. The molecule has 0 aliphatic rings. The van der Waals surface area contributed by atoms with Crippen LogP contribution >= 0.6 is 0 Å². The SMILES string of the molecule is C[C@H](NC(=O)/C=C/c1cnn(C)c1)c1ccc2[nH]c(=O)[nH]c2c1. The number of carbonyl (C=O) groups excluding carboxylic acids is 1. The molecule has 1 atom stereocenters. The summed E-state index contributed by atoms with van der Waals surface area (Å²) < 4.78 is 1.67. The van der Waals surface area contributed by atoms with Gasteiger partial charge in [0.2, 0.25) is 5.91 Å². The van der Waals surface area contributed by atoms with E-state index in [1.54, 1.807) is 17.0 Å². The van der Waals surface area contributed by atoms with Crippen molar-refractivity contribution in [3.8, 4) is 0 Å². The lowest BCUT2D eigenvalue weighted by molar-refractivity contribution is -0.117. The molecule has 0 saturated heterocycles. The quantitative estimate of drug-likeness (QED) is 0.637. The first-order valence-corrected chi connectivity index (χ1v) is 7.20. The zero-order valence-corrected chi connectivity index (χ0v) is 12.8. The number of aromatic nitrogens is 4. The predicted octanol–water partition coefficient (Wildman–Crippen LogP) is 1.48. The molecule has 0 bridgehead atoms. The molecule has 0 radical (unpaired) electrons. The first-order chi connectivity index (χ1) is 11.0. The number of benzene rings is 1. The number of hydrogen-bond donors (Lipinski definition) is 3. The van der Waals surface area contributed by atoms with Gasteiger partial charge in [-0.2, -0.15) is 5.10 Å². The molecule has 7 heteroatoms. The largest absolute Gasteiger partial charge is 0.346 e. The van der Waals surface area contributed by atoms with Crippen molar-refractivity contribution in [3.05, 3.63) is 58.3 Å². The van der Waals surface area contributed by atoms with Crippen LogP contribution in [0.25, 0.3) is 17.1 Å². The van der Waals surface area contributed by atoms with Crippen molar-refractivity contribution in [2.45, 2.75) is 13.0 Å². The van der Waals surface area contributed by atoms with Crippen molar-refractivity contribution in [3.63, 3.8) is 0 Å². The van der Waals surface area contributed by atoms with Gasteiger partial charge in [0.1, 0.15) is 0 Å². The Morgan fingerprint density at radius 2 is 2.13 bits per heavy atom. The Morgan fingerprint density at radius 3 is 2.87 bits per heavy atom. The van der Waals surface area contributed by atoms with Crippen LogP contribution in [0.4, 0.5) is 0 Å². The van der Waals surface area contributed by atoms with Crippen LogP contribution in [-0.2, 0) is 11.8 Å². The van der Waals surface area contributed by atoms with E-state index >= 15 is 0 Å². The van der Waals surface area contributed by atoms with Crippen LogP contribution < -0.4 is 11.0 Å². The zero-order chi connectivity index (χ0) is 16.4. The summed E-state index contributed by atoms with van der Waals surface area (Å²) in [6.45, 7) is 1.89. The molecular weight excluding hydrogens is 294 g/mol. The Balaban J connectivity index is 1.69. The van der Waals surface area contributed by atoms with E-state index < -0.39 is 0 Å². The van der Waals surface area contributed by atoms with E-state index in [2.05, 4.69) is 20.4 Å². The summed E-state index contributed by atoms with van der Waals surface area (Å²) in [5.41, 5.74) is 3.00. The Labute approximate surface area is 132 Å². The first kappa shape index (κ1) is 14.8. The molecule has 23 heavy (non-hydrogen) atoms. The smallest absolute Gasteiger partial charge is 0.323 e. The number of hydrogen-bond acceptors (Lipinski definition) is 3. The molecule has 1 amide bonds. The van der Waals surface area contributed by atoms with Crippen molar-refractivity contribution >= 4 is 23.0 Å². The van der Waals surface area contributed by atoms with Gasteiger partial charge in [-0.15, -0.1) is 0 Å². The van der Waals surface area contributed by atoms with Crippen LogP contribution in [0.15, 0.2) is 41.5 Å². The number of rotatable bonds is 4. The monoisotopic (exact) mass is 311 g/mol. The lowest BCUT2D eigenvalue weighted by Gasteiger charge is -2.12. The molecule has 0 aliphatic carbocycles. The van der Waals surface area contributed by atoms with Gasteiger partial charge in [-0.1, -0.05) is 6.07 Å². The minimum Gasteiger partial charge on any atom is -0.346 e. The molecule has 0 saturated carbocycles. The van der Waals surface area contributed by atoms with Crippen LogP contribution in [0.3, 0.4) is 0 Å². The maximum absolute atomic E-state index is 12.0. The molecule has 2 aromatic heterocycles. The topological polar surface area (TPSA) is 95.6 Å². The Morgan fingerprint density at radius 1 is 1.35 bits per heavy atom. The molecule has 2 heterocycles.